The fourth-order valence-corrected chi connectivity index (χ4v) is 8.83. The van der Waals surface area contributed by atoms with Crippen molar-refractivity contribution >= 4 is 8.80 Å². The molecule has 0 aromatic heterocycles. The maximum Gasteiger partial charge on any atom is 0.501 e. The van der Waals surface area contributed by atoms with Gasteiger partial charge in [-0.3, -0.25) is 0 Å². The zero-order valence-corrected chi connectivity index (χ0v) is 23.6. The largest absolute Gasteiger partial charge is 0.501 e. The van der Waals surface area contributed by atoms with Crippen LogP contribution >= 0.6 is 0 Å². The second-order valence-electron chi connectivity index (χ2n) is 10.5. The van der Waals surface area contributed by atoms with Gasteiger partial charge in [0.2, 0.25) is 0 Å². The smallest absolute Gasteiger partial charge is 0.378 e. The van der Waals surface area contributed by atoms with E-state index in [1.54, 1.807) is 0 Å². The molecule has 0 aromatic carbocycles. The Hall–Kier alpha value is 0.0569. The lowest BCUT2D eigenvalue weighted by Gasteiger charge is -2.38. The second kappa shape index (κ2) is 17.5. The second-order valence-corrected chi connectivity index (χ2v) is 13.2. The number of rotatable bonds is 18. The van der Waals surface area contributed by atoms with Crippen LogP contribution in [0.25, 0.3) is 0 Å². The molecule has 2 aliphatic carbocycles. The van der Waals surface area contributed by atoms with Crippen LogP contribution in [0.2, 0.25) is 6.04 Å². The Balaban J connectivity index is 1.57. The van der Waals surface area contributed by atoms with Gasteiger partial charge < -0.3 is 18.0 Å². The van der Waals surface area contributed by atoms with Gasteiger partial charge in [-0.15, -0.1) is 0 Å². The molecule has 0 heterocycles. The molecule has 0 unspecified atom stereocenters. The Labute approximate surface area is 207 Å². The summed E-state index contributed by atoms with van der Waals surface area (Å²) in [5.41, 5.74) is 0. The van der Waals surface area contributed by atoms with Crippen molar-refractivity contribution in [1.29, 1.82) is 0 Å². The molecular weight excluding hydrogens is 428 g/mol. The first kappa shape index (κ1) is 29.3. The van der Waals surface area contributed by atoms with Gasteiger partial charge in [0.15, 0.2) is 0 Å². The number of unbranched alkanes of at least 4 members (excludes halogenated alkanes) is 4. The van der Waals surface area contributed by atoms with E-state index in [1.807, 2.05) is 20.8 Å². The van der Waals surface area contributed by atoms with Gasteiger partial charge in [0.1, 0.15) is 0 Å². The molecule has 4 nitrogen and oxygen atoms in total. The molecule has 2 rings (SSSR count). The van der Waals surface area contributed by atoms with Crippen molar-refractivity contribution in [3.63, 3.8) is 0 Å². The highest BCUT2D eigenvalue weighted by atomic mass is 28.4. The van der Waals surface area contributed by atoms with Crippen molar-refractivity contribution in [1.82, 2.24) is 0 Å². The van der Waals surface area contributed by atoms with Crippen LogP contribution in [0.4, 0.5) is 0 Å². The standard InChI is InChI=1S/C28H56O4Si/c1-5-9-10-11-12-14-25-15-17-26(18-16-25)27-19-21-28(22-20-27)29-23-13-24-33(30-6-2,31-7-3)32-8-4/h25-28H,5-24H2,1-4H3. The normalized spacial score (nSPS) is 26.5. The lowest BCUT2D eigenvalue weighted by atomic mass is 9.70. The SMILES string of the molecule is CCCCCCCC1CCC(C2CCC(OCCC[Si](OCC)(OCC)OCC)CC2)CC1. The molecule has 0 N–H and O–H groups in total. The van der Waals surface area contributed by atoms with Crippen LogP contribution in [0.3, 0.4) is 0 Å². The molecule has 2 aliphatic rings. The van der Waals surface area contributed by atoms with E-state index in [0.29, 0.717) is 25.9 Å². The van der Waals surface area contributed by atoms with E-state index in [1.165, 1.54) is 89.9 Å². The molecule has 0 spiro atoms. The molecule has 0 radical (unpaired) electrons. The van der Waals surface area contributed by atoms with Crippen molar-refractivity contribution in [2.24, 2.45) is 17.8 Å². The average molecular weight is 485 g/mol. The van der Waals surface area contributed by atoms with E-state index >= 15 is 0 Å². The maximum atomic E-state index is 6.29. The van der Waals surface area contributed by atoms with Crippen molar-refractivity contribution in [2.45, 2.75) is 136 Å². The van der Waals surface area contributed by atoms with Gasteiger partial charge in [0, 0.05) is 32.5 Å². The molecule has 0 amide bonds. The molecule has 0 bridgehead atoms. The summed E-state index contributed by atoms with van der Waals surface area (Å²) in [6.07, 6.45) is 21.4. The summed E-state index contributed by atoms with van der Waals surface area (Å²) in [7, 11) is -2.52. The van der Waals surface area contributed by atoms with Gasteiger partial charge >= 0.3 is 8.80 Å². The monoisotopic (exact) mass is 484 g/mol. The van der Waals surface area contributed by atoms with E-state index in [4.69, 9.17) is 18.0 Å². The zero-order chi connectivity index (χ0) is 23.8. The lowest BCUT2D eigenvalue weighted by molar-refractivity contribution is 0.00424. The average Bonchev–Trinajstić information content (AvgIpc) is 2.83. The summed E-state index contributed by atoms with van der Waals surface area (Å²) in [6, 6.07) is 0.861. The van der Waals surface area contributed by atoms with Crippen LogP contribution in [0.5, 0.6) is 0 Å². The Bertz CT molecular complexity index is 442. The molecule has 0 saturated heterocycles. The molecule has 33 heavy (non-hydrogen) atoms. The van der Waals surface area contributed by atoms with E-state index < -0.39 is 8.80 Å². The fourth-order valence-electron chi connectivity index (χ4n) is 6.25. The van der Waals surface area contributed by atoms with Crippen molar-refractivity contribution in [3.05, 3.63) is 0 Å². The van der Waals surface area contributed by atoms with Gasteiger partial charge in [0.05, 0.1) is 6.10 Å². The summed E-state index contributed by atoms with van der Waals surface area (Å²) >= 11 is 0. The molecule has 5 heteroatoms. The third-order valence-corrected chi connectivity index (χ3v) is 11.2. The highest BCUT2D eigenvalue weighted by Crippen LogP contribution is 2.41. The van der Waals surface area contributed by atoms with Crippen molar-refractivity contribution < 1.29 is 18.0 Å². The van der Waals surface area contributed by atoms with E-state index in [9.17, 15) is 0 Å². The highest BCUT2D eigenvalue weighted by Gasteiger charge is 2.39. The Morgan fingerprint density at radius 1 is 0.606 bits per heavy atom. The molecule has 0 aliphatic heterocycles. The van der Waals surface area contributed by atoms with Gasteiger partial charge in [-0.25, -0.2) is 0 Å². The van der Waals surface area contributed by atoms with Crippen LogP contribution in [-0.2, 0) is 18.0 Å². The minimum Gasteiger partial charge on any atom is -0.378 e. The molecular formula is C28H56O4Si. The van der Waals surface area contributed by atoms with Crippen LogP contribution in [0.1, 0.15) is 124 Å². The number of hydrogen-bond acceptors (Lipinski definition) is 4. The first-order chi connectivity index (χ1) is 16.2. The first-order valence-electron chi connectivity index (χ1n) is 14.7. The Morgan fingerprint density at radius 2 is 1.15 bits per heavy atom. The lowest BCUT2D eigenvalue weighted by Crippen LogP contribution is -2.46. The summed E-state index contributed by atoms with van der Waals surface area (Å²) < 4.78 is 24.2. The summed E-state index contributed by atoms with van der Waals surface area (Å²) in [4.78, 5) is 0. The summed E-state index contributed by atoms with van der Waals surface area (Å²) in [6.45, 7) is 11.1. The first-order valence-corrected chi connectivity index (χ1v) is 16.6. The quantitative estimate of drug-likeness (QED) is 0.145. The Kier molecular flexibility index (Phi) is 15.5. The third-order valence-electron chi connectivity index (χ3n) is 8.07. The molecule has 2 fully saturated rings. The summed E-state index contributed by atoms with van der Waals surface area (Å²) in [5.74, 6) is 2.99. The number of hydrogen-bond donors (Lipinski definition) is 0. The van der Waals surface area contributed by atoms with Crippen LogP contribution < -0.4 is 0 Å². The van der Waals surface area contributed by atoms with Gasteiger partial charge in [0.25, 0.3) is 0 Å². The third kappa shape index (κ3) is 11.1. The molecule has 0 aromatic rings. The Morgan fingerprint density at radius 3 is 1.70 bits per heavy atom. The van der Waals surface area contributed by atoms with Gasteiger partial charge in [-0.05, 0) is 83.5 Å². The topological polar surface area (TPSA) is 36.9 Å². The fraction of sp³-hybridized carbons (Fsp3) is 1.00. The molecule has 2 saturated carbocycles. The minimum atomic E-state index is -2.52. The van der Waals surface area contributed by atoms with Crippen LogP contribution in [0, 0.1) is 17.8 Å². The van der Waals surface area contributed by atoms with Crippen molar-refractivity contribution in [2.75, 3.05) is 26.4 Å². The zero-order valence-electron chi connectivity index (χ0n) is 22.6. The predicted molar refractivity (Wildman–Crippen MR) is 141 cm³/mol. The van der Waals surface area contributed by atoms with Crippen molar-refractivity contribution in [3.8, 4) is 0 Å². The maximum absolute atomic E-state index is 6.29. The highest BCUT2D eigenvalue weighted by molar-refractivity contribution is 6.60. The van der Waals surface area contributed by atoms with Gasteiger partial charge in [-0.2, -0.15) is 0 Å². The molecule has 196 valence electrons. The number of ether oxygens (including phenoxy) is 1. The van der Waals surface area contributed by atoms with E-state index in [-0.39, 0.29) is 0 Å². The predicted octanol–water partition coefficient (Wildman–Crippen LogP) is 8.17. The van der Waals surface area contributed by atoms with Crippen LogP contribution in [0.15, 0.2) is 0 Å². The summed E-state index contributed by atoms with van der Waals surface area (Å²) in [5, 5.41) is 0. The van der Waals surface area contributed by atoms with Gasteiger partial charge in [-0.1, -0.05) is 58.3 Å². The van der Waals surface area contributed by atoms with Crippen LogP contribution in [-0.4, -0.2) is 41.3 Å². The van der Waals surface area contributed by atoms with E-state index in [2.05, 4.69) is 6.92 Å². The molecule has 0 atom stereocenters. The minimum absolute atomic E-state index is 0.461. The van der Waals surface area contributed by atoms with E-state index in [0.717, 1.165) is 36.8 Å².